The highest BCUT2D eigenvalue weighted by atomic mass is 16.5. The SMILES string of the molecule is CCOC(=O)c1cnc2nc(OC)cc(OC)n12. The van der Waals surface area contributed by atoms with Crippen molar-refractivity contribution < 1.29 is 19.0 Å². The van der Waals surface area contributed by atoms with Crippen LogP contribution < -0.4 is 9.47 Å². The van der Waals surface area contributed by atoms with Crippen molar-refractivity contribution >= 4 is 11.7 Å². The van der Waals surface area contributed by atoms with E-state index in [2.05, 4.69) is 9.97 Å². The number of carbonyl (C=O) groups excluding carboxylic acids is 1. The smallest absolute Gasteiger partial charge is 0.357 e. The fourth-order valence-electron chi connectivity index (χ4n) is 1.54. The Balaban J connectivity index is 2.60. The Morgan fingerprint density at radius 3 is 2.78 bits per heavy atom. The maximum Gasteiger partial charge on any atom is 0.357 e. The fraction of sp³-hybridized carbons (Fsp3) is 0.364. The van der Waals surface area contributed by atoms with Crippen LogP contribution in [0.5, 0.6) is 11.8 Å². The maximum absolute atomic E-state index is 11.7. The van der Waals surface area contributed by atoms with Gasteiger partial charge in [-0.2, -0.15) is 4.98 Å². The van der Waals surface area contributed by atoms with E-state index < -0.39 is 5.97 Å². The number of methoxy groups -OCH3 is 2. The highest BCUT2D eigenvalue weighted by Gasteiger charge is 2.18. The number of hydrogen-bond donors (Lipinski definition) is 0. The lowest BCUT2D eigenvalue weighted by atomic mass is 10.4. The van der Waals surface area contributed by atoms with Crippen molar-refractivity contribution in [1.29, 1.82) is 0 Å². The van der Waals surface area contributed by atoms with Gasteiger partial charge in [-0.1, -0.05) is 0 Å². The molecule has 0 radical (unpaired) electrons. The number of carbonyl (C=O) groups is 1. The second kappa shape index (κ2) is 4.91. The van der Waals surface area contributed by atoms with E-state index >= 15 is 0 Å². The van der Waals surface area contributed by atoms with Crippen LogP contribution in [-0.4, -0.2) is 41.2 Å². The number of nitrogens with zero attached hydrogens (tertiary/aromatic N) is 3. The number of rotatable bonds is 4. The first kappa shape index (κ1) is 12.2. The first-order chi connectivity index (χ1) is 8.71. The molecule has 0 saturated heterocycles. The lowest BCUT2D eigenvalue weighted by molar-refractivity contribution is 0.0517. The Morgan fingerprint density at radius 1 is 1.39 bits per heavy atom. The molecule has 2 heterocycles. The molecule has 0 unspecified atom stereocenters. The molecule has 7 nitrogen and oxygen atoms in total. The van der Waals surface area contributed by atoms with Gasteiger partial charge in [0.25, 0.3) is 0 Å². The second-order valence-corrected chi connectivity index (χ2v) is 3.34. The van der Waals surface area contributed by atoms with Crippen LogP contribution in [0.2, 0.25) is 0 Å². The molecule has 2 aromatic heterocycles. The van der Waals surface area contributed by atoms with Crippen LogP contribution >= 0.6 is 0 Å². The summed E-state index contributed by atoms with van der Waals surface area (Å²) in [4.78, 5) is 19.9. The summed E-state index contributed by atoms with van der Waals surface area (Å²) in [7, 11) is 2.98. The van der Waals surface area contributed by atoms with Crippen LogP contribution in [0.1, 0.15) is 17.4 Å². The number of imidazole rings is 1. The summed E-state index contributed by atoms with van der Waals surface area (Å²) in [5.41, 5.74) is 0.263. The molecule has 0 fully saturated rings. The normalized spacial score (nSPS) is 10.4. The summed E-state index contributed by atoms with van der Waals surface area (Å²) in [6.07, 6.45) is 1.39. The second-order valence-electron chi connectivity index (χ2n) is 3.34. The molecule has 7 heteroatoms. The minimum Gasteiger partial charge on any atom is -0.482 e. The van der Waals surface area contributed by atoms with Gasteiger partial charge in [0.1, 0.15) is 0 Å². The molecule has 18 heavy (non-hydrogen) atoms. The molecule has 0 spiro atoms. The van der Waals surface area contributed by atoms with Gasteiger partial charge in [0, 0.05) is 0 Å². The highest BCUT2D eigenvalue weighted by Crippen LogP contribution is 2.21. The van der Waals surface area contributed by atoms with Gasteiger partial charge in [-0.25, -0.2) is 14.2 Å². The molecule has 0 aliphatic rings. The van der Waals surface area contributed by atoms with Gasteiger partial charge >= 0.3 is 5.97 Å². The molecular weight excluding hydrogens is 238 g/mol. The zero-order chi connectivity index (χ0) is 13.1. The third kappa shape index (κ3) is 1.94. The summed E-state index contributed by atoms with van der Waals surface area (Å²) < 4.78 is 16.6. The van der Waals surface area contributed by atoms with Gasteiger partial charge in [0.2, 0.25) is 17.5 Å². The monoisotopic (exact) mass is 251 g/mol. The van der Waals surface area contributed by atoms with E-state index in [4.69, 9.17) is 14.2 Å². The molecule has 2 rings (SSSR count). The maximum atomic E-state index is 11.7. The van der Waals surface area contributed by atoms with Crippen LogP contribution in [0.3, 0.4) is 0 Å². The zero-order valence-corrected chi connectivity index (χ0v) is 10.3. The van der Waals surface area contributed by atoms with E-state index in [0.29, 0.717) is 17.5 Å². The Morgan fingerprint density at radius 2 is 2.17 bits per heavy atom. The third-order valence-electron chi connectivity index (χ3n) is 2.32. The molecule has 0 N–H and O–H groups in total. The largest absolute Gasteiger partial charge is 0.482 e. The molecule has 0 amide bonds. The summed E-state index contributed by atoms with van der Waals surface area (Å²) >= 11 is 0. The first-order valence-electron chi connectivity index (χ1n) is 5.34. The first-order valence-corrected chi connectivity index (χ1v) is 5.34. The summed E-state index contributed by atoms with van der Waals surface area (Å²) in [5, 5.41) is 0. The molecule has 0 aliphatic carbocycles. The summed E-state index contributed by atoms with van der Waals surface area (Å²) in [6, 6.07) is 1.57. The van der Waals surface area contributed by atoms with Crippen LogP contribution in [0.25, 0.3) is 5.78 Å². The fourth-order valence-corrected chi connectivity index (χ4v) is 1.54. The average Bonchev–Trinajstić information content (AvgIpc) is 2.81. The van der Waals surface area contributed by atoms with Crippen molar-refractivity contribution in [2.75, 3.05) is 20.8 Å². The Hall–Kier alpha value is -2.31. The number of hydrogen-bond acceptors (Lipinski definition) is 6. The molecule has 0 bridgehead atoms. The average molecular weight is 251 g/mol. The van der Waals surface area contributed by atoms with Crippen molar-refractivity contribution in [3.63, 3.8) is 0 Å². The molecule has 0 saturated carbocycles. The van der Waals surface area contributed by atoms with E-state index in [9.17, 15) is 4.79 Å². The number of ether oxygens (including phenoxy) is 3. The minimum atomic E-state index is -0.477. The van der Waals surface area contributed by atoms with Crippen molar-refractivity contribution in [3.05, 3.63) is 18.0 Å². The van der Waals surface area contributed by atoms with Gasteiger partial charge in [-0.05, 0) is 6.92 Å². The van der Waals surface area contributed by atoms with E-state index in [1.807, 2.05) is 0 Å². The molecule has 0 aliphatic heterocycles. The molecule has 0 atom stereocenters. The van der Waals surface area contributed by atoms with Crippen molar-refractivity contribution in [1.82, 2.24) is 14.4 Å². The van der Waals surface area contributed by atoms with E-state index in [0.717, 1.165) is 0 Å². The lowest BCUT2D eigenvalue weighted by Gasteiger charge is -2.08. The van der Waals surface area contributed by atoms with Gasteiger partial charge in [0.15, 0.2) is 5.69 Å². The van der Waals surface area contributed by atoms with Gasteiger partial charge in [-0.15, -0.1) is 0 Å². The van der Waals surface area contributed by atoms with E-state index in [-0.39, 0.29) is 12.3 Å². The number of fused-ring (bicyclic) bond motifs is 1. The molecule has 96 valence electrons. The predicted molar refractivity (Wildman–Crippen MR) is 62.0 cm³/mol. The highest BCUT2D eigenvalue weighted by molar-refractivity contribution is 5.88. The molecule has 0 aromatic carbocycles. The molecule has 2 aromatic rings. The van der Waals surface area contributed by atoms with Gasteiger partial charge in [-0.3, -0.25) is 0 Å². The number of aromatic nitrogens is 3. The quantitative estimate of drug-likeness (QED) is 0.752. The minimum absolute atomic E-state index is 0.263. The van der Waals surface area contributed by atoms with Crippen LogP contribution in [0.15, 0.2) is 12.3 Å². The van der Waals surface area contributed by atoms with Crippen LogP contribution in [0.4, 0.5) is 0 Å². The topological polar surface area (TPSA) is 75.0 Å². The Bertz CT molecular complexity index is 579. The summed E-state index contributed by atoms with van der Waals surface area (Å²) in [6.45, 7) is 2.03. The van der Waals surface area contributed by atoms with Crippen LogP contribution in [0, 0.1) is 0 Å². The van der Waals surface area contributed by atoms with Crippen molar-refractivity contribution in [2.24, 2.45) is 0 Å². The van der Waals surface area contributed by atoms with Crippen molar-refractivity contribution in [2.45, 2.75) is 6.92 Å². The lowest BCUT2D eigenvalue weighted by Crippen LogP contribution is -2.10. The van der Waals surface area contributed by atoms with Gasteiger partial charge in [0.05, 0.1) is 33.1 Å². The van der Waals surface area contributed by atoms with Gasteiger partial charge < -0.3 is 14.2 Å². The third-order valence-corrected chi connectivity index (χ3v) is 2.32. The van der Waals surface area contributed by atoms with E-state index in [1.54, 1.807) is 13.0 Å². The van der Waals surface area contributed by atoms with E-state index in [1.165, 1.54) is 24.8 Å². The Labute approximate surface area is 103 Å². The predicted octanol–water partition coefficient (Wildman–Crippen LogP) is 0.923. The zero-order valence-electron chi connectivity index (χ0n) is 10.3. The van der Waals surface area contributed by atoms with Crippen LogP contribution in [-0.2, 0) is 4.74 Å². The van der Waals surface area contributed by atoms with Crippen molar-refractivity contribution in [3.8, 4) is 11.8 Å². The molecular formula is C11H13N3O4. The Kier molecular flexibility index (Phi) is 3.31. The number of esters is 1. The standard InChI is InChI=1S/C11H13N3O4/c1-4-18-10(15)7-6-12-11-13-8(16-2)5-9(17-3)14(7)11/h5-6H,4H2,1-3H3. The summed E-state index contributed by atoms with van der Waals surface area (Å²) in [5.74, 6) is 0.599.